The second-order valence-corrected chi connectivity index (χ2v) is 6.89. The van der Waals surface area contributed by atoms with Crippen LogP contribution in [0.25, 0.3) is 0 Å². The summed E-state index contributed by atoms with van der Waals surface area (Å²) in [7, 11) is 0. The second kappa shape index (κ2) is 10.6. The molecule has 1 aliphatic heterocycles. The Morgan fingerprint density at radius 2 is 2.00 bits per heavy atom. The van der Waals surface area contributed by atoms with Crippen LogP contribution in [-0.2, 0) is 25.5 Å². The number of fused-ring (bicyclic) bond motifs is 1. The molecule has 0 aromatic heterocycles. The number of carbonyl (C=O) groups excluding carboxylic acids is 2. The van der Waals surface area contributed by atoms with Gasteiger partial charge in [0, 0.05) is 43.0 Å². The molecule has 0 fully saturated rings. The van der Waals surface area contributed by atoms with Crippen LogP contribution in [0.15, 0.2) is 60.0 Å². The van der Waals surface area contributed by atoms with Crippen molar-refractivity contribution in [1.29, 1.82) is 0 Å². The normalized spacial score (nSPS) is 16.2. The summed E-state index contributed by atoms with van der Waals surface area (Å²) in [6.07, 6.45) is 7.82. The third kappa shape index (κ3) is 5.73. The zero-order valence-electron chi connectivity index (χ0n) is 17.4. The van der Waals surface area contributed by atoms with Crippen molar-refractivity contribution in [2.75, 3.05) is 26.4 Å². The third-order valence-electron chi connectivity index (χ3n) is 4.74. The molecule has 2 aliphatic rings. The van der Waals surface area contributed by atoms with E-state index in [4.69, 9.17) is 14.2 Å². The predicted octanol–water partition coefficient (Wildman–Crippen LogP) is 2.69. The number of nitrogens with one attached hydrogen (secondary N) is 1. The molecule has 1 N–H and O–H groups in total. The van der Waals surface area contributed by atoms with Gasteiger partial charge in [-0.2, -0.15) is 0 Å². The number of hydrazine groups is 1. The van der Waals surface area contributed by atoms with Crippen LogP contribution in [0, 0.1) is 0 Å². The van der Waals surface area contributed by atoms with E-state index in [0.717, 1.165) is 22.5 Å². The molecule has 30 heavy (non-hydrogen) atoms. The zero-order valence-corrected chi connectivity index (χ0v) is 17.4. The molecule has 0 saturated carbocycles. The smallest absolute Gasteiger partial charge is 0.335 e. The molecular formula is C23H28N2O5. The van der Waals surface area contributed by atoms with Gasteiger partial charge in [-0.15, -0.1) is 0 Å². The third-order valence-corrected chi connectivity index (χ3v) is 4.74. The van der Waals surface area contributed by atoms with Gasteiger partial charge in [0.2, 0.25) is 0 Å². The monoisotopic (exact) mass is 412 g/mol. The topological polar surface area (TPSA) is 77.1 Å². The number of hydrogen-bond donors (Lipinski definition) is 1. The molecule has 1 aromatic carbocycles. The summed E-state index contributed by atoms with van der Waals surface area (Å²) in [5.41, 5.74) is 5.71. The Morgan fingerprint density at radius 1 is 1.20 bits per heavy atom. The molecule has 0 spiro atoms. The first-order valence-electron chi connectivity index (χ1n) is 10.3. The van der Waals surface area contributed by atoms with Gasteiger partial charge in [-0.3, -0.25) is 9.80 Å². The molecule has 160 valence electrons. The molecular weight excluding hydrogens is 384 g/mol. The fourth-order valence-corrected chi connectivity index (χ4v) is 3.26. The number of rotatable bonds is 10. The summed E-state index contributed by atoms with van der Waals surface area (Å²) in [5.74, 6) is 0.535. The first kappa shape index (κ1) is 21.6. The van der Waals surface area contributed by atoms with Crippen molar-refractivity contribution >= 4 is 11.8 Å². The van der Waals surface area contributed by atoms with Gasteiger partial charge in [0.25, 0.3) is 0 Å². The van der Waals surface area contributed by atoms with E-state index < -0.39 is 6.10 Å². The molecule has 0 bridgehead atoms. The van der Waals surface area contributed by atoms with Crippen molar-refractivity contribution in [2.24, 2.45) is 0 Å². The summed E-state index contributed by atoms with van der Waals surface area (Å²) in [4.78, 5) is 23.8. The fourth-order valence-electron chi connectivity index (χ4n) is 3.26. The van der Waals surface area contributed by atoms with Crippen LogP contribution in [-0.4, -0.2) is 49.2 Å². The van der Waals surface area contributed by atoms with Gasteiger partial charge >= 0.3 is 5.97 Å². The van der Waals surface area contributed by atoms with E-state index in [1.165, 1.54) is 0 Å². The summed E-state index contributed by atoms with van der Waals surface area (Å²) in [6, 6.07) is 7.61. The van der Waals surface area contributed by atoms with E-state index in [-0.39, 0.29) is 11.8 Å². The molecule has 1 aromatic rings. The van der Waals surface area contributed by atoms with Gasteiger partial charge in [-0.25, -0.2) is 4.79 Å². The molecule has 3 rings (SSSR count). The predicted molar refractivity (Wildman–Crippen MR) is 112 cm³/mol. The van der Waals surface area contributed by atoms with Gasteiger partial charge in [0.15, 0.2) is 11.9 Å². The van der Waals surface area contributed by atoms with Crippen molar-refractivity contribution in [3.63, 3.8) is 0 Å². The Labute approximate surface area is 176 Å². The number of esters is 1. The quantitative estimate of drug-likeness (QED) is 0.592. The van der Waals surface area contributed by atoms with Crippen LogP contribution in [0.2, 0.25) is 0 Å². The highest BCUT2D eigenvalue weighted by Gasteiger charge is 2.21. The largest absolute Gasteiger partial charge is 0.492 e. The lowest BCUT2D eigenvalue weighted by atomic mass is 9.95. The minimum Gasteiger partial charge on any atom is -0.492 e. The van der Waals surface area contributed by atoms with Crippen molar-refractivity contribution < 1.29 is 23.8 Å². The SMILES string of the molecule is CCOC(=O)C(Cc1ccc(OCCN2C=C3C=CCC(=O)C3=CN2)cc1)OCC. The Morgan fingerprint density at radius 3 is 2.73 bits per heavy atom. The number of Topliss-reactive ketones (excluding diaryl/α,β-unsaturated/α-hetero) is 1. The van der Waals surface area contributed by atoms with E-state index in [1.54, 1.807) is 13.1 Å². The minimum atomic E-state index is -0.599. The summed E-state index contributed by atoms with van der Waals surface area (Å²) in [5, 5.41) is 1.89. The molecule has 1 atom stereocenters. The van der Waals surface area contributed by atoms with Gasteiger partial charge < -0.3 is 19.6 Å². The van der Waals surface area contributed by atoms with Crippen LogP contribution >= 0.6 is 0 Å². The van der Waals surface area contributed by atoms with E-state index in [9.17, 15) is 9.59 Å². The van der Waals surface area contributed by atoms with Crippen LogP contribution < -0.4 is 10.2 Å². The van der Waals surface area contributed by atoms with Gasteiger partial charge in [0.05, 0.1) is 13.2 Å². The molecule has 1 unspecified atom stereocenters. The maximum atomic E-state index is 12.0. The lowest BCUT2D eigenvalue weighted by molar-refractivity contribution is -0.156. The minimum absolute atomic E-state index is 0.127. The number of ketones is 1. The van der Waals surface area contributed by atoms with Gasteiger partial charge in [-0.1, -0.05) is 24.3 Å². The number of nitrogens with zero attached hydrogens (tertiary/aromatic N) is 1. The summed E-state index contributed by atoms with van der Waals surface area (Å²) >= 11 is 0. The van der Waals surface area contributed by atoms with Crippen molar-refractivity contribution in [3.05, 3.63) is 65.5 Å². The van der Waals surface area contributed by atoms with Crippen LogP contribution in [0.1, 0.15) is 25.8 Å². The van der Waals surface area contributed by atoms with Crippen molar-refractivity contribution in [2.45, 2.75) is 32.8 Å². The average molecular weight is 412 g/mol. The number of hydrogen-bond acceptors (Lipinski definition) is 7. The molecule has 0 saturated heterocycles. The second-order valence-electron chi connectivity index (χ2n) is 6.89. The fraction of sp³-hybridized carbons (Fsp3) is 0.391. The van der Waals surface area contributed by atoms with E-state index in [0.29, 0.717) is 39.2 Å². The van der Waals surface area contributed by atoms with Crippen LogP contribution in [0.5, 0.6) is 5.75 Å². The number of allylic oxidation sites excluding steroid dienone is 4. The summed E-state index contributed by atoms with van der Waals surface area (Å²) < 4.78 is 16.4. The van der Waals surface area contributed by atoms with Crippen molar-refractivity contribution in [3.8, 4) is 5.75 Å². The molecule has 0 radical (unpaired) electrons. The Bertz CT molecular complexity index is 842. The first-order valence-corrected chi connectivity index (χ1v) is 10.3. The van der Waals surface area contributed by atoms with Gasteiger partial charge in [-0.05, 0) is 31.5 Å². The van der Waals surface area contributed by atoms with E-state index in [1.807, 2.05) is 54.6 Å². The first-order chi connectivity index (χ1) is 14.6. The summed E-state index contributed by atoms with van der Waals surface area (Å²) in [6.45, 7) is 5.51. The van der Waals surface area contributed by atoms with E-state index in [2.05, 4.69) is 5.43 Å². The standard InChI is InChI=1S/C23H28N2O5/c1-3-28-22(23(27)29-4-2)14-17-8-10-19(11-9-17)30-13-12-25-16-18-6-5-7-21(26)20(18)15-24-25/h5-6,8-11,15-16,22,24H,3-4,7,12-14H2,1-2H3. The molecule has 7 heteroatoms. The highest BCUT2D eigenvalue weighted by Crippen LogP contribution is 2.22. The maximum Gasteiger partial charge on any atom is 0.335 e. The lowest BCUT2D eigenvalue weighted by Crippen LogP contribution is -2.37. The number of benzene rings is 1. The highest BCUT2D eigenvalue weighted by atomic mass is 16.6. The highest BCUT2D eigenvalue weighted by molar-refractivity contribution is 6.02. The van der Waals surface area contributed by atoms with Crippen LogP contribution in [0.4, 0.5) is 0 Å². The molecule has 0 amide bonds. The number of ether oxygens (including phenoxy) is 3. The zero-order chi connectivity index (χ0) is 21.3. The Balaban J connectivity index is 1.47. The molecule has 1 heterocycles. The van der Waals surface area contributed by atoms with E-state index >= 15 is 0 Å². The van der Waals surface area contributed by atoms with Gasteiger partial charge in [0.1, 0.15) is 12.4 Å². The van der Waals surface area contributed by atoms with Crippen LogP contribution in [0.3, 0.4) is 0 Å². The molecule has 7 nitrogen and oxygen atoms in total. The Hall–Kier alpha value is -3.06. The van der Waals surface area contributed by atoms with Crippen molar-refractivity contribution in [1.82, 2.24) is 10.4 Å². The average Bonchev–Trinajstić information content (AvgIpc) is 2.75. The Kier molecular flexibility index (Phi) is 7.68. The molecule has 1 aliphatic carbocycles. The lowest BCUT2D eigenvalue weighted by Gasteiger charge is -2.27. The maximum absolute atomic E-state index is 12.0. The number of carbonyl (C=O) groups is 2.